The highest BCUT2D eigenvalue weighted by atomic mass is 79.9. The summed E-state index contributed by atoms with van der Waals surface area (Å²) in [5.41, 5.74) is 6.34. The van der Waals surface area contributed by atoms with Gasteiger partial charge in [-0.2, -0.15) is 0 Å². The van der Waals surface area contributed by atoms with Gasteiger partial charge in [-0.15, -0.1) is 0 Å². The molecule has 0 aliphatic carbocycles. The Morgan fingerprint density at radius 3 is 1.02 bits per heavy atom. The summed E-state index contributed by atoms with van der Waals surface area (Å²) >= 11 is 3.24. The molecule has 8 rings (SSSR count). The predicted molar refractivity (Wildman–Crippen MR) is 328 cm³/mol. The van der Waals surface area contributed by atoms with Crippen molar-refractivity contribution >= 4 is 73.3 Å². The van der Waals surface area contributed by atoms with Gasteiger partial charge in [0.2, 0.25) is 0 Å². The number of para-hydroxylation sites is 2. The third kappa shape index (κ3) is 22.5. The number of methoxy groups -OCH3 is 6. The highest BCUT2D eigenvalue weighted by Crippen LogP contribution is 2.27. The summed E-state index contributed by atoms with van der Waals surface area (Å²) < 4.78 is 31.1. The number of fused-ring (bicyclic) bond motifs is 1. The third-order valence-electron chi connectivity index (χ3n) is 11.8. The van der Waals surface area contributed by atoms with E-state index in [4.69, 9.17) is 28.4 Å². The summed E-state index contributed by atoms with van der Waals surface area (Å²) in [6.45, 7) is 10.3. The van der Waals surface area contributed by atoms with Crippen LogP contribution in [0.2, 0.25) is 0 Å². The van der Waals surface area contributed by atoms with Crippen LogP contribution in [0.4, 0.5) is 0 Å². The Hall–Kier alpha value is -9.27. The van der Waals surface area contributed by atoms with E-state index >= 15 is 0 Å². The van der Waals surface area contributed by atoms with E-state index in [0.29, 0.717) is 32.3 Å². The van der Waals surface area contributed by atoms with Gasteiger partial charge < -0.3 is 28.4 Å². The van der Waals surface area contributed by atoms with E-state index in [1.165, 1.54) is 59.7 Å². The van der Waals surface area contributed by atoms with E-state index in [1.807, 2.05) is 133 Å². The largest absolute Gasteiger partial charge is 0.497 e. The van der Waals surface area contributed by atoms with E-state index in [1.54, 1.807) is 79.9 Å². The molecular formula is C68H69BrO13. The first kappa shape index (κ1) is 67.0. The summed E-state index contributed by atoms with van der Waals surface area (Å²) in [6.07, 6.45) is 3.32. The lowest BCUT2D eigenvalue weighted by Gasteiger charge is -2.04. The second-order valence-electron chi connectivity index (χ2n) is 17.8. The minimum Gasteiger partial charge on any atom is -0.497 e. The van der Waals surface area contributed by atoms with Crippen molar-refractivity contribution in [2.75, 3.05) is 42.7 Å². The van der Waals surface area contributed by atoms with Gasteiger partial charge in [-0.25, -0.2) is 0 Å². The second kappa shape index (κ2) is 34.7. The summed E-state index contributed by atoms with van der Waals surface area (Å²) in [4.78, 5) is 77.3. The number of hydrogen-bond acceptors (Lipinski definition) is 13. The second-order valence-corrected chi connectivity index (χ2v) is 18.6. The van der Waals surface area contributed by atoms with Gasteiger partial charge in [0.15, 0.2) is 52.0 Å². The molecule has 0 aliphatic heterocycles. The molecule has 8 aromatic rings. The van der Waals surface area contributed by atoms with Crippen molar-refractivity contribution in [1.29, 1.82) is 0 Å². The molecule has 0 N–H and O–H groups in total. The van der Waals surface area contributed by atoms with Gasteiger partial charge >= 0.3 is 0 Å². The molecule has 0 fully saturated rings. The van der Waals surface area contributed by atoms with Crippen LogP contribution in [-0.4, -0.2) is 83.1 Å². The van der Waals surface area contributed by atoms with Crippen molar-refractivity contribution in [2.24, 2.45) is 0 Å². The van der Waals surface area contributed by atoms with E-state index in [0.717, 1.165) is 67.5 Å². The standard InChI is InChI=1S/C15H14O2.C12H12O3.C12H12O2.C11H12O2.C10H9BrO2.C8H10O2/c1-11(16)12-3-5-13(6-4-12)14-7-9-15(17-2)10-8-14;1-7(13)10-4-11(8(2)14)6-12(5-10)9(3)15;1-13-11-5-3-10-8-12(14-2)6-4-9(10)7-11;1-9(12)3-4-10-5-7-11(13-2)8-6-10;1-6(12)8-3-4-9(7(2)13)10(11)5-8;1-9-7-5-3-4-6-8(7)10-2/h3-10H,1-2H3;4-6H,1-3H3;3-8H,1-2H3;3-8H,1-2H3;3-5H,1-2H3;3-6H,1-2H3. The Morgan fingerprint density at radius 2 is 0.695 bits per heavy atom. The summed E-state index contributed by atoms with van der Waals surface area (Å²) in [7, 11) is 9.86. The number of benzene rings is 8. The van der Waals surface area contributed by atoms with Gasteiger partial charge in [-0.3, -0.25) is 33.6 Å². The van der Waals surface area contributed by atoms with E-state index in [-0.39, 0.29) is 40.5 Å². The molecule has 0 atom stereocenters. The Kier molecular flexibility index (Phi) is 28.3. The van der Waals surface area contributed by atoms with Crippen LogP contribution in [0.5, 0.6) is 34.5 Å². The minimum absolute atomic E-state index is 0.00389. The molecule has 0 amide bonds. The maximum Gasteiger partial charge on any atom is 0.160 e. The van der Waals surface area contributed by atoms with E-state index < -0.39 is 0 Å². The van der Waals surface area contributed by atoms with Crippen molar-refractivity contribution in [3.63, 3.8) is 0 Å². The van der Waals surface area contributed by atoms with Crippen LogP contribution in [0.1, 0.15) is 116 Å². The fourth-order valence-corrected chi connectivity index (χ4v) is 7.77. The average Bonchev–Trinajstić information content (AvgIpc) is 3.49. The first-order valence-corrected chi connectivity index (χ1v) is 26.2. The number of ether oxygens (including phenoxy) is 6. The number of carbonyl (C=O) groups excluding carboxylic acids is 7. The third-order valence-corrected chi connectivity index (χ3v) is 12.4. The molecule has 0 spiro atoms. The van der Waals surface area contributed by atoms with Crippen molar-refractivity contribution in [2.45, 2.75) is 48.5 Å². The van der Waals surface area contributed by atoms with Crippen molar-refractivity contribution < 1.29 is 62.0 Å². The van der Waals surface area contributed by atoms with Crippen LogP contribution in [0.3, 0.4) is 0 Å². The average molecular weight is 1170 g/mol. The van der Waals surface area contributed by atoms with Gasteiger partial charge in [0, 0.05) is 37.9 Å². The zero-order chi connectivity index (χ0) is 60.9. The Labute approximate surface area is 489 Å². The normalized spacial score (nSPS) is 9.88. The van der Waals surface area contributed by atoms with E-state index in [9.17, 15) is 33.6 Å². The molecule has 426 valence electrons. The number of rotatable bonds is 15. The number of halogens is 1. The predicted octanol–water partition coefficient (Wildman–Crippen LogP) is 15.6. The van der Waals surface area contributed by atoms with Gasteiger partial charge in [0.05, 0.1) is 42.7 Å². The zero-order valence-electron chi connectivity index (χ0n) is 48.5. The lowest BCUT2D eigenvalue weighted by Crippen LogP contribution is -2.03. The Morgan fingerprint density at radius 1 is 0.341 bits per heavy atom. The maximum atomic E-state index is 11.2. The van der Waals surface area contributed by atoms with Crippen molar-refractivity contribution in [3.05, 3.63) is 219 Å². The smallest absolute Gasteiger partial charge is 0.160 e. The number of ketones is 7. The van der Waals surface area contributed by atoms with E-state index in [2.05, 4.69) is 15.9 Å². The molecule has 82 heavy (non-hydrogen) atoms. The molecule has 0 aliphatic rings. The lowest BCUT2D eigenvalue weighted by molar-refractivity contribution is -0.112. The van der Waals surface area contributed by atoms with Crippen LogP contribution in [0.25, 0.3) is 28.0 Å². The van der Waals surface area contributed by atoms with Crippen LogP contribution >= 0.6 is 15.9 Å². The number of hydrogen-bond donors (Lipinski definition) is 0. The molecule has 8 aromatic carbocycles. The van der Waals surface area contributed by atoms with Crippen molar-refractivity contribution in [3.8, 4) is 45.6 Å². The van der Waals surface area contributed by atoms with Crippen LogP contribution in [-0.2, 0) is 4.79 Å². The first-order chi connectivity index (χ1) is 39.1. The van der Waals surface area contributed by atoms with Gasteiger partial charge in [0.1, 0.15) is 23.0 Å². The van der Waals surface area contributed by atoms with Crippen LogP contribution in [0, 0.1) is 0 Å². The fourth-order valence-electron chi connectivity index (χ4n) is 7.11. The molecule has 14 heteroatoms. The summed E-state index contributed by atoms with van der Waals surface area (Å²) in [5.74, 6) is 4.62. The highest BCUT2D eigenvalue weighted by molar-refractivity contribution is 9.10. The molecule has 0 aromatic heterocycles. The Balaban J connectivity index is 0.000000260. The molecule has 13 nitrogen and oxygen atoms in total. The maximum absolute atomic E-state index is 11.2. The van der Waals surface area contributed by atoms with Crippen LogP contribution in [0.15, 0.2) is 180 Å². The first-order valence-electron chi connectivity index (χ1n) is 25.4. The monoisotopic (exact) mass is 1170 g/mol. The molecule has 0 saturated heterocycles. The number of Topliss-reactive ketones (excluding diaryl/α,β-unsaturated/α-hetero) is 6. The van der Waals surface area contributed by atoms with Gasteiger partial charge in [0.25, 0.3) is 0 Å². The molecular weight excluding hydrogens is 1100 g/mol. The topological polar surface area (TPSA) is 175 Å². The fraction of sp³-hybridized carbons (Fsp3) is 0.191. The molecule has 0 radical (unpaired) electrons. The van der Waals surface area contributed by atoms with Gasteiger partial charge in [-0.05, 0) is 173 Å². The SMILES string of the molecule is CC(=O)c1cc(C(C)=O)cc(C(C)=O)c1.CC(=O)c1ccc(C(C)=O)c(Br)c1.COc1ccc(-c2ccc(C(C)=O)cc2)cc1.COc1ccc(C=CC(C)=O)cc1.COc1ccc2cc(OC)ccc2c1.COc1ccccc1OC. The summed E-state index contributed by atoms with van der Waals surface area (Å²) in [6, 6.07) is 52.0. The molecule has 0 saturated carbocycles. The molecule has 0 unspecified atom stereocenters. The Bertz CT molecular complexity index is 3330. The summed E-state index contributed by atoms with van der Waals surface area (Å²) in [5, 5.41) is 2.32. The lowest BCUT2D eigenvalue weighted by atomic mass is 10.00. The quantitative estimate of drug-likeness (QED) is 0.0701. The van der Waals surface area contributed by atoms with Crippen molar-refractivity contribution in [1.82, 2.24) is 0 Å². The zero-order valence-corrected chi connectivity index (χ0v) is 50.1. The van der Waals surface area contributed by atoms with Crippen LogP contribution < -0.4 is 28.4 Å². The molecule has 0 bridgehead atoms. The number of carbonyl (C=O) groups is 7. The number of allylic oxidation sites excluding steroid dienone is 1. The van der Waals surface area contributed by atoms with Gasteiger partial charge in [-0.1, -0.05) is 101 Å². The highest BCUT2D eigenvalue weighted by Gasteiger charge is 2.11. The minimum atomic E-state index is -0.152. The molecule has 0 heterocycles.